The molecule has 0 fully saturated rings. The number of benzene rings is 2. The summed E-state index contributed by atoms with van der Waals surface area (Å²) >= 11 is 0. The van der Waals surface area contributed by atoms with Crippen molar-refractivity contribution >= 4 is 19.7 Å². The second kappa shape index (κ2) is 6.30. The Morgan fingerprint density at radius 2 is 1.60 bits per heavy atom. The number of halogens is 4. The molecular formula is C14H10F4O5S2. The minimum Gasteiger partial charge on any atom is -0.456 e. The van der Waals surface area contributed by atoms with E-state index < -0.39 is 41.6 Å². The number of alkyl halides is 3. The van der Waals surface area contributed by atoms with Gasteiger partial charge in [-0.1, -0.05) is 6.07 Å². The Labute approximate surface area is 140 Å². The molecule has 0 aliphatic heterocycles. The summed E-state index contributed by atoms with van der Waals surface area (Å²) in [5, 5.41) is 0. The van der Waals surface area contributed by atoms with E-state index in [1.54, 1.807) is 0 Å². The second-order valence-electron chi connectivity index (χ2n) is 4.89. The third kappa shape index (κ3) is 4.10. The van der Waals surface area contributed by atoms with Crippen molar-refractivity contribution in [1.29, 1.82) is 0 Å². The first-order valence-corrected chi connectivity index (χ1v) is 9.79. The number of rotatable bonds is 4. The van der Waals surface area contributed by atoms with Gasteiger partial charge in [0, 0.05) is 6.26 Å². The van der Waals surface area contributed by atoms with Crippen LogP contribution in [0.2, 0.25) is 0 Å². The number of hydrogen-bond acceptors (Lipinski definition) is 5. The highest BCUT2D eigenvalue weighted by Gasteiger charge is 2.48. The molecule has 0 saturated heterocycles. The van der Waals surface area contributed by atoms with Gasteiger partial charge in [0.1, 0.15) is 22.2 Å². The zero-order chi connectivity index (χ0) is 19.0. The van der Waals surface area contributed by atoms with Gasteiger partial charge in [-0.05, 0) is 36.4 Å². The zero-order valence-corrected chi connectivity index (χ0v) is 14.0. The van der Waals surface area contributed by atoms with Crippen LogP contribution in [0, 0.1) is 5.82 Å². The molecule has 2 aromatic rings. The van der Waals surface area contributed by atoms with Gasteiger partial charge >= 0.3 is 5.51 Å². The van der Waals surface area contributed by atoms with E-state index in [-0.39, 0.29) is 16.7 Å². The van der Waals surface area contributed by atoms with Crippen LogP contribution in [0.25, 0.3) is 0 Å². The predicted molar refractivity (Wildman–Crippen MR) is 79.3 cm³/mol. The van der Waals surface area contributed by atoms with Crippen LogP contribution in [-0.4, -0.2) is 28.6 Å². The molecule has 0 radical (unpaired) electrons. The van der Waals surface area contributed by atoms with Crippen LogP contribution in [0.4, 0.5) is 17.6 Å². The van der Waals surface area contributed by atoms with Gasteiger partial charge in [0.25, 0.3) is 9.84 Å². The molecule has 136 valence electrons. The van der Waals surface area contributed by atoms with Crippen LogP contribution in [-0.2, 0) is 19.7 Å². The summed E-state index contributed by atoms with van der Waals surface area (Å²) in [7, 11) is -9.50. The molecule has 0 N–H and O–H groups in total. The monoisotopic (exact) mass is 398 g/mol. The summed E-state index contributed by atoms with van der Waals surface area (Å²) in [6.07, 6.45) is 0.906. The van der Waals surface area contributed by atoms with Gasteiger partial charge in [0.2, 0.25) is 0 Å². The van der Waals surface area contributed by atoms with Crippen LogP contribution < -0.4 is 4.74 Å². The normalized spacial score (nSPS) is 12.8. The van der Waals surface area contributed by atoms with E-state index in [0.717, 1.165) is 12.3 Å². The van der Waals surface area contributed by atoms with Gasteiger partial charge in [-0.2, -0.15) is 13.2 Å². The smallest absolute Gasteiger partial charge is 0.456 e. The summed E-state index contributed by atoms with van der Waals surface area (Å²) in [6, 6.07) is 6.29. The molecule has 11 heteroatoms. The van der Waals surface area contributed by atoms with E-state index in [1.165, 1.54) is 18.2 Å². The fourth-order valence-corrected chi connectivity index (χ4v) is 3.34. The van der Waals surface area contributed by atoms with Crippen LogP contribution >= 0.6 is 0 Å². The Bertz CT molecular complexity index is 1010. The largest absolute Gasteiger partial charge is 0.502 e. The van der Waals surface area contributed by atoms with Crippen molar-refractivity contribution in [2.45, 2.75) is 15.3 Å². The van der Waals surface area contributed by atoms with Gasteiger partial charge in [-0.25, -0.2) is 21.2 Å². The Hall–Kier alpha value is -2.14. The summed E-state index contributed by atoms with van der Waals surface area (Å²) in [5.41, 5.74) is -5.66. The number of hydrogen-bond donors (Lipinski definition) is 0. The highest BCUT2D eigenvalue weighted by molar-refractivity contribution is 7.92. The molecule has 25 heavy (non-hydrogen) atoms. The van der Waals surface area contributed by atoms with Gasteiger partial charge < -0.3 is 4.74 Å². The maximum absolute atomic E-state index is 13.3. The van der Waals surface area contributed by atoms with E-state index in [0.29, 0.717) is 12.1 Å². The molecule has 5 nitrogen and oxygen atoms in total. The van der Waals surface area contributed by atoms with E-state index >= 15 is 0 Å². The van der Waals surface area contributed by atoms with Crippen LogP contribution in [0.5, 0.6) is 11.5 Å². The standard InChI is InChI=1S/C14H10F4O5S2/c1-24(19,20)11-4-2-3-10(8-11)23-12-6-5-9(15)7-13(12)25(21,22)14(16,17)18/h2-8H,1H3. The molecular weight excluding hydrogens is 388 g/mol. The molecule has 0 aliphatic carbocycles. The van der Waals surface area contributed by atoms with Crippen molar-refractivity contribution in [3.63, 3.8) is 0 Å². The Balaban J connectivity index is 2.56. The third-order valence-corrected chi connectivity index (χ3v) is 5.58. The van der Waals surface area contributed by atoms with E-state index in [2.05, 4.69) is 0 Å². The molecule has 0 aromatic heterocycles. The van der Waals surface area contributed by atoms with Crippen molar-refractivity contribution in [3.05, 3.63) is 48.3 Å². The molecule has 2 aromatic carbocycles. The fourth-order valence-electron chi connectivity index (χ4n) is 1.80. The summed E-state index contributed by atoms with van der Waals surface area (Å²) < 4.78 is 103. The maximum Gasteiger partial charge on any atom is 0.502 e. The molecule has 0 saturated carbocycles. The zero-order valence-electron chi connectivity index (χ0n) is 12.4. The quantitative estimate of drug-likeness (QED) is 0.739. The molecule has 0 aliphatic rings. The van der Waals surface area contributed by atoms with Gasteiger partial charge in [-0.3, -0.25) is 0 Å². The summed E-state index contributed by atoms with van der Waals surface area (Å²) in [4.78, 5) is -1.60. The maximum atomic E-state index is 13.3. The predicted octanol–water partition coefficient (Wildman–Crippen LogP) is 3.32. The highest BCUT2D eigenvalue weighted by Crippen LogP contribution is 2.37. The van der Waals surface area contributed by atoms with E-state index in [9.17, 15) is 34.4 Å². The minimum absolute atomic E-state index is 0.179. The summed E-state index contributed by atoms with van der Waals surface area (Å²) in [5.74, 6) is -2.22. The molecule has 0 amide bonds. The van der Waals surface area contributed by atoms with Crippen LogP contribution in [0.1, 0.15) is 0 Å². The molecule has 0 unspecified atom stereocenters. The number of ether oxygens (including phenoxy) is 1. The minimum atomic E-state index is -5.87. The molecule has 0 spiro atoms. The van der Waals surface area contributed by atoms with Gasteiger partial charge in [-0.15, -0.1) is 0 Å². The lowest BCUT2D eigenvalue weighted by Gasteiger charge is -2.14. The van der Waals surface area contributed by atoms with Crippen molar-refractivity contribution < 1.29 is 39.1 Å². The van der Waals surface area contributed by atoms with E-state index in [4.69, 9.17) is 4.74 Å². The number of sulfone groups is 2. The lowest BCUT2D eigenvalue weighted by Crippen LogP contribution is -2.23. The SMILES string of the molecule is CS(=O)(=O)c1cccc(Oc2ccc(F)cc2S(=O)(=O)C(F)(F)F)c1. The van der Waals surface area contributed by atoms with E-state index in [1.807, 2.05) is 0 Å². The second-order valence-corrected chi connectivity index (χ2v) is 8.81. The lowest BCUT2D eigenvalue weighted by atomic mass is 10.3. The Morgan fingerprint density at radius 3 is 2.16 bits per heavy atom. The average Bonchev–Trinajstić information content (AvgIpc) is 2.47. The average molecular weight is 398 g/mol. The molecule has 2 rings (SSSR count). The van der Waals surface area contributed by atoms with Gasteiger partial charge in [0.05, 0.1) is 4.90 Å². The molecule has 0 bridgehead atoms. The van der Waals surface area contributed by atoms with Crippen LogP contribution in [0.15, 0.2) is 52.3 Å². The Morgan fingerprint density at radius 1 is 0.960 bits per heavy atom. The van der Waals surface area contributed by atoms with Crippen molar-refractivity contribution in [2.24, 2.45) is 0 Å². The third-order valence-electron chi connectivity index (χ3n) is 2.96. The molecule has 0 atom stereocenters. The van der Waals surface area contributed by atoms with Crippen LogP contribution in [0.3, 0.4) is 0 Å². The Kier molecular flexibility index (Phi) is 4.83. The van der Waals surface area contributed by atoms with Crippen molar-refractivity contribution in [2.75, 3.05) is 6.26 Å². The van der Waals surface area contributed by atoms with Crippen molar-refractivity contribution in [1.82, 2.24) is 0 Å². The first-order chi connectivity index (χ1) is 11.3. The highest BCUT2D eigenvalue weighted by atomic mass is 32.2. The lowest BCUT2D eigenvalue weighted by molar-refractivity contribution is -0.0437. The van der Waals surface area contributed by atoms with Gasteiger partial charge in [0.15, 0.2) is 9.84 Å². The summed E-state index contributed by atoms with van der Waals surface area (Å²) in [6.45, 7) is 0. The first kappa shape index (κ1) is 19.2. The van der Waals surface area contributed by atoms with Crippen molar-refractivity contribution in [3.8, 4) is 11.5 Å². The molecule has 0 heterocycles. The first-order valence-electron chi connectivity index (χ1n) is 6.41. The fraction of sp³-hybridized carbons (Fsp3) is 0.143. The topological polar surface area (TPSA) is 77.5 Å².